The fraction of sp³-hybridized carbons (Fsp3) is 0.333. The van der Waals surface area contributed by atoms with Gasteiger partial charge in [-0.1, -0.05) is 0 Å². The molecule has 0 bridgehead atoms. The third-order valence-corrected chi connectivity index (χ3v) is 2.72. The van der Waals surface area contributed by atoms with Crippen molar-refractivity contribution in [1.82, 2.24) is 0 Å². The molecule has 14 heavy (non-hydrogen) atoms. The summed E-state index contributed by atoms with van der Waals surface area (Å²) < 4.78 is 13.7. The Bertz CT molecular complexity index is 332. The lowest BCUT2D eigenvalue weighted by Gasteiger charge is -2.23. The molecule has 0 aromatic heterocycles. The Morgan fingerprint density at radius 1 is 1.57 bits per heavy atom. The van der Waals surface area contributed by atoms with Crippen LogP contribution in [-0.4, -0.2) is 11.7 Å². The highest BCUT2D eigenvalue weighted by Crippen LogP contribution is 2.28. The van der Waals surface area contributed by atoms with Crippen molar-refractivity contribution in [2.24, 2.45) is 5.73 Å². The molecule has 0 aliphatic carbocycles. The smallest absolute Gasteiger partial charge is 0.147 e. The van der Waals surface area contributed by atoms with Gasteiger partial charge in [0.05, 0.1) is 17.8 Å². The van der Waals surface area contributed by atoms with Crippen molar-refractivity contribution in [2.75, 3.05) is 12.3 Å². The van der Waals surface area contributed by atoms with Gasteiger partial charge in [-0.05, 0) is 40.5 Å². The maximum absolute atomic E-state index is 13.2. The second kappa shape index (κ2) is 3.84. The number of aliphatic hydroxyl groups is 1. The number of nitrogen functional groups attached to an aromatic ring is 1. The van der Waals surface area contributed by atoms with Crippen LogP contribution in [0.5, 0.6) is 0 Å². The van der Waals surface area contributed by atoms with E-state index < -0.39 is 11.4 Å². The van der Waals surface area contributed by atoms with Gasteiger partial charge in [-0.3, -0.25) is 0 Å². The van der Waals surface area contributed by atoms with Crippen molar-refractivity contribution in [3.05, 3.63) is 28.0 Å². The molecule has 1 aromatic rings. The average molecular weight is 263 g/mol. The van der Waals surface area contributed by atoms with E-state index in [-0.39, 0.29) is 12.3 Å². The first-order valence-corrected chi connectivity index (χ1v) is 4.82. The molecule has 0 aliphatic rings. The minimum absolute atomic E-state index is 0.0440. The van der Waals surface area contributed by atoms with E-state index in [4.69, 9.17) is 16.6 Å². The summed E-state index contributed by atoms with van der Waals surface area (Å²) in [4.78, 5) is 0. The number of hydrogen-bond acceptors (Lipinski definition) is 3. The summed E-state index contributed by atoms with van der Waals surface area (Å²) in [6.07, 6.45) is 0. The molecule has 0 spiro atoms. The number of halogens is 2. The van der Waals surface area contributed by atoms with E-state index >= 15 is 0 Å². The molecule has 5 heteroatoms. The van der Waals surface area contributed by atoms with Crippen LogP contribution in [0.1, 0.15) is 12.5 Å². The Morgan fingerprint density at radius 2 is 2.14 bits per heavy atom. The second-order valence-corrected chi connectivity index (χ2v) is 4.28. The highest BCUT2D eigenvalue weighted by atomic mass is 79.9. The molecule has 1 aromatic carbocycles. The minimum Gasteiger partial charge on any atom is -0.395 e. The Kier molecular flexibility index (Phi) is 3.14. The lowest BCUT2D eigenvalue weighted by atomic mass is 9.94. The van der Waals surface area contributed by atoms with E-state index in [0.29, 0.717) is 10.0 Å². The van der Waals surface area contributed by atoms with Gasteiger partial charge >= 0.3 is 0 Å². The molecule has 0 amide bonds. The van der Waals surface area contributed by atoms with Crippen LogP contribution in [0, 0.1) is 5.82 Å². The first-order valence-electron chi connectivity index (χ1n) is 4.03. The van der Waals surface area contributed by atoms with E-state index in [9.17, 15) is 4.39 Å². The SMILES string of the molecule is CC(N)(CO)c1cc(F)c(N)c(Br)c1. The van der Waals surface area contributed by atoms with E-state index in [0.717, 1.165) is 0 Å². The zero-order valence-electron chi connectivity index (χ0n) is 7.72. The third-order valence-electron chi connectivity index (χ3n) is 2.07. The largest absolute Gasteiger partial charge is 0.395 e. The summed E-state index contributed by atoms with van der Waals surface area (Å²) in [5.74, 6) is -0.542. The van der Waals surface area contributed by atoms with Crippen molar-refractivity contribution in [1.29, 1.82) is 0 Å². The van der Waals surface area contributed by atoms with Crippen LogP contribution in [-0.2, 0) is 5.54 Å². The standard InChI is InChI=1S/C9H12BrFN2O/c1-9(13,4-14)5-2-6(10)8(12)7(11)3-5/h2-3,14H,4,12-13H2,1H3. The van der Waals surface area contributed by atoms with Gasteiger partial charge in [0.15, 0.2) is 0 Å². The van der Waals surface area contributed by atoms with Crippen molar-refractivity contribution in [3.8, 4) is 0 Å². The zero-order valence-corrected chi connectivity index (χ0v) is 9.31. The summed E-state index contributed by atoms with van der Waals surface area (Å²) in [7, 11) is 0. The molecule has 3 nitrogen and oxygen atoms in total. The summed E-state index contributed by atoms with van der Waals surface area (Å²) >= 11 is 3.12. The first kappa shape index (κ1) is 11.4. The quantitative estimate of drug-likeness (QED) is 0.705. The van der Waals surface area contributed by atoms with Crippen LogP contribution in [0.25, 0.3) is 0 Å². The van der Waals surface area contributed by atoms with E-state index in [2.05, 4.69) is 15.9 Å². The van der Waals surface area contributed by atoms with Crippen LogP contribution in [0.3, 0.4) is 0 Å². The number of benzene rings is 1. The Balaban J connectivity index is 3.26. The lowest BCUT2D eigenvalue weighted by molar-refractivity contribution is 0.209. The monoisotopic (exact) mass is 262 g/mol. The Hall–Kier alpha value is -0.650. The fourth-order valence-electron chi connectivity index (χ4n) is 1.01. The van der Waals surface area contributed by atoms with Crippen LogP contribution in [0.4, 0.5) is 10.1 Å². The molecule has 1 unspecified atom stereocenters. The number of rotatable bonds is 2. The number of nitrogens with two attached hydrogens (primary N) is 2. The van der Waals surface area contributed by atoms with Gasteiger partial charge in [-0.25, -0.2) is 4.39 Å². The molecule has 78 valence electrons. The Morgan fingerprint density at radius 3 is 2.57 bits per heavy atom. The van der Waals surface area contributed by atoms with Crippen LogP contribution < -0.4 is 11.5 Å². The minimum atomic E-state index is -0.961. The number of aliphatic hydroxyl groups excluding tert-OH is 1. The molecular weight excluding hydrogens is 251 g/mol. The van der Waals surface area contributed by atoms with Gasteiger partial charge in [0, 0.05) is 4.47 Å². The predicted molar refractivity (Wildman–Crippen MR) is 57.1 cm³/mol. The summed E-state index contributed by atoms with van der Waals surface area (Å²) in [5.41, 5.74) is 10.7. The van der Waals surface area contributed by atoms with E-state index in [1.807, 2.05) is 0 Å². The van der Waals surface area contributed by atoms with E-state index in [1.165, 1.54) is 6.07 Å². The maximum Gasteiger partial charge on any atom is 0.147 e. The van der Waals surface area contributed by atoms with E-state index in [1.54, 1.807) is 13.0 Å². The summed E-state index contributed by atoms with van der Waals surface area (Å²) in [6.45, 7) is 1.35. The van der Waals surface area contributed by atoms with Gasteiger partial charge in [0.2, 0.25) is 0 Å². The average Bonchev–Trinajstić information content (AvgIpc) is 2.13. The highest BCUT2D eigenvalue weighted by Gasteiger charge is 2.22. The van der Waals surface area contributed by atoms with Crippen LogP contribution in [0.15, 0.2) is 16.6 Å². The normalized spacial score (nSPS) is 15.2. The van der Waals surface area contributed by atoms with Crippen molar-refractivity contribution >= 4 is 21.6 Å². The molecule has 0 aliphatic heterocycles. The molecule has 0 heterocycles. The van der Waals surface area contributed by atoms with Gasteiger partial charge < -0.3 is 16.6 Å². The number of anilines is 1. The lowest BCUT2D eigenvalue weighted by Crippen LogP contribution is -2.37. The van der Waals surface area contributed by atoms with Gasteiger partial charge in [-0.2, -0.15) is 0 Å². The Labute approximate surface area is 90.0 Å². The number of hydrogen-bond donors (Lipinski definition) is 3. The zero-order chi connectivity index (χ0) is 10.9. The van der Waals surface area contributed by atoms with Crippen molar-refractivity contribution in [3.63, 3.8) is 0 Å². The molecule has 1 rings (SSSR count). The molecule has 5 N–H and O–H groups in total. The third kappa shape index (κ3) is 2.05. The van der Waals surface area contributed by atoms with Gasteiger partial charge in [0.1, 0.15) is 5.82 Å². The molecule has 0 saturated carbocycles. The highest BCUT2D eigenvalue weighted by molar-refractivity contribution is 9.10. The van der Waals surface area contributed by atoms with Gasteiger partial charge in [0.25, 0.3) is 0 Å². The first-order chi connectivity index (χ1) is 6.38. The molecule has 0 radical (unpaired) electrons. The van der Waals surface area contributed by atoms with Gasteiger partial charge in [-0.15, -0.1) is 0 Å². The molecule has 1 atom stereocenters. The maximum atomic E-state index is 13.2. The van der Waals surface area contributed by atoms with Crippen molar-refractivity contribution in [2.45, 2.75) is 12.5 Å². The molecule has 0 fully saturated rings. The van der Waals surface area contributed by atoms with Crippen molar-refractivity contribution < 1.29 is 9.50 Å². The van der Waals surface area contributed by atoms with Crippen LogP contribution in [0.2, 0.25) is 0 Å². The van der Waals surface area contributed by atoms with Crippen LogP contribution >= 0.6 is 15.9 Å². The summed E-state index contributed by atoms with van der Waals surface area (Å²) in [6, 6.07) is 2.84. The predicted octanol–water partition coefficient (Wildman–Crippen LogP) is 1.34. The topological polar surface area (TPSA) is 72.3 Å². The summed E-state index contributed by atoms with van der Waals surface area (Å²) in [5, 5.41) is 9.00. The second-order valence-electron chi connectivity index (χ2n) is 3.43. The molecule has 0 saturated heterocycles. The molecular formula is C9H12BrFN2O. The fourth-order valence-corrected chi connectivity index (χ4v) is 1.44.